The van der Waals surface area contributed by atoms with Gasteiger partial charge in [0.15, 0.2) is 5.69 Å². The standard InChI is InChI=1S/C29H30N4O4/c1-36-29(35)26-25(32-28(34)22-13-15-37-19-22)24-16-23(30-17-21-10-6-3-7-11-21)18-31-27(24)33(26)14-12-20-8-4-2-5-9-20/h2-11,16,18,22,30H,12-15,17,19H2,1H3,(H,32,34)/t22-/m1/s1. The van der Waals surface area contributed by atoms with Crippen molar-refractivity contribution in [2.75, 3.05) is 31.0 Å². The van der Waals surface area contributed by atoms with Gasteiger partial charge in [-0.1, -0.05) is 60.7 Å². The maximum atomic E-state index is 13.1. The van der Waals surface area contributed by atoms with E-state index in [0.717, 1.165) is 16.8 Å². The lowest BCUT2D eigenvalue weighted by molar-refractivity contribution is -0.119. The molecule has 0 spiro atoms. The first-order valence-electron chi connectivity index (χ1n) is 12.4. The van der Waals surface area contributed by atoms with Crippen LogP contribution in [0, 0.1) is 5.92 Å². The summed E-state index contributed by atoms with van der Waals surface area (Å²) >= 11 is 0. The number of carbonyl (C=O) groups excluding carboxylic acids is 2. The number of benzene rings is 2. The molecular weight excluding hydrogens is 468 g/mol. The summed E-state index contributed by atoms with van der Waals surface area (Å²) in [6, 6.07) is 22.0. The Hall–Kier alpha value is -4.17. The minimum Gasteiger partial charge on any atom is -0.464 e. The molecule has 1 aliphatic rings. The fourth-order valence-electron chi connectivity index (χ4n) is 4.63. The molecule has 0 saturated carbocycles. The molecule has 4 aromatic rings. The van der Waals surface area contributed by atoms with Crippen LogP contribution in [0.2, 0.25) is 0 Å². The van der Waals surface area contributed by atoms with E-state index >= 15 is 0 Å². The minimum atomic E-state index is -0.525. The molecule has 1 fully saturated rings. The van der Waals surface area contributed by atoms with Crippen molar-refractivity contribution in [2.45, 2.75) is 25.9 Å². The summed E-state index contributed by atoms with van der Waals surface area (Å²) in [5.74, 6) is -0.962. The van der Waals surface area contributed by atoms with Gasteiger partial charge in [0.1, 0.15) is 5.65 Å². The number of amides is 1. The topological polar surface area (TPSA) is 94.5 Å². The molecule has 37 heavy (non-hydrogen) atoms. The van der Waals surface area contributed by atoms with Crippen molar-refractivity contribution in [1.29, 1.82) is 0 Å². The summed E-state index contributed by atoms with van der Waals surface area (Å²) in [5.41, 5.74) is 4.37. The third-order valence-corrected chi connectivity index (χ3v) is 6.63. The number of ether oxygens (including phenoxy) is 2. The smallest absolute Gasteiger partial charge is 0.356 e. The Balaban J connectivity index is 1.54. The largest absolute Gasteiger partial charge is 0.464 e. The van der Waals surface area contributed by atoms with Gasteiger partial charge >= 0.3 is 5.97 Å². The van der Waals surface area contributed by atoms with Crippen LogP contribution in [-0.2, 0) is 33.8 Å². The number of esters is 1. The Kier molecular flexibility index (Phi) is 7.46. The molecule has 3 heterocycles. The van der Waals surface area contributed by atoms with Crippen LogP contribution < -0.4 is 10.6 Å². The van der Waals surface area contributed by atoms with E-state index in [-0.39, 0.29) is 17.5 Å². The van der Waals surface area contributed by atoms with Crippen LogP contribution in [0.5, 0.6) is 0 Å². The van der Waals surface area contributed by atoms with Gasteiger partial charge in [-0.25, -0.2) is 9.78 Å². The molecule has 1 aliphatic heterocycles. The van der Waals surface area contributed by atoms with E-state index in [1.807, 2.05) is 71.3 Å². The Morgan fingerprint density at radius 3 is 2.49 bits per heavy atom. The van der Waals surface area contributed by atoms with Crippen LogP contribution in [0.3, 0.4) is 0 Å². The molecule has 8 nitrogen and oxygen atoms in total. The number of carbonyl (C=O) groups is 2. The molecule has 1 atom stereocenters. The van der Waals surface area contributed by atoms with E-state index in [1.54, 1.807) is 6.20 Å². The summed E-state index contributed by atoms with van der Waals surface area (Å²) in [6.45, 7) is 2.04. The van der Waals surface area contributed by atoms with Crippen LogP contribution in [0.4, 0.5) is 11.4 Å². The number of aryl methyl sites for hydroxylation is 2. The van der Waals surface area contributed by atoms with E-state index < -0.39 is 5.97 Å². The Morgan fingerprint density at radius 2 is 1.81 bits per heavy atom. The molecule has 0 unspecified atom stereocenters. The first-order chi connectivity index (χ1) is 18.1. The van der Waals surface area contributed by atoms with E-state index in [4.69, 9.17) is 14.5 Å². The first-order valence-corrected chi connectivity index (χ1v) is 12.4. The lowest BCUT2D eigenvalue weighted by Gasteiger charge is -2.12. The lowest BCUT2D eigenvalue weighted by Crippen LogP contribution is -2.24. The number of methoxy groups -OCH3 is 1. The number of hydrogen-bond donors (Lipinski definition) is 2. The zero-order valence-corrected chi connectivity index (χ0v) is 20.8. The number of nitrogens with zero attached hydrogens (tertiary/aromatic N) is 2. The Labute approximate surface area is 215 Å². The van der Waals surface area contributed by atoms with Crippen LogP contribution >= 0.6 is 0 Å². The van der Waals surface area contributed by atoms with E-state index in [1.165, 1.54) is 7.11 Å². The van der Waals surface area contributed by atoms with Gasteiger partial charge in [0.25, 0.3) is 0 Å². The predicted molar refractivity (Wildman–Crippen MR) is 143 cm³/mol. The zero-order valence-electron chi connectivity index (χ0n) is 20.8. The highest BCUT2D eigenvalue weighted by molar-refractivity contribution is 6.11. The molecule has 2 aromatic carbocycles. The van der Waals surface area contributed by atoms with Crippen molar-refractivity contribution in [3.8, 4) is 0 Å². The molecule has 0 bridgehead atoms. The number of fused-ring (bicyclic) bond motifs is 1. The molecule has 8 heteroatoms. The second-order valence-electron chi connectivity index (χ2n) is 9.09. The fraction of sp³-hybridized carbons (Fsp3) is 0.276. The number of rotatable bonds is 9. The first kappa shape index (κ1) is 24.5. The van der Waals surface area contributed by atoms with E-state index in [0.29, 0.717) is 55.9 Å². The molecule has 1 saturated heterocycles. The number of pyridine rings is 1. The number of nitrogens with one attached hydrogen (secondary N) is 2. The Morgan fingerprint density at radius 1 is 1.08 bits per heavy atom. The molecule has 0 aliphatic carbocycles. The van der Waals surface area contributed by atoms with Crippen LogP contribution in [0.25, 0.3) is 11.0 Å². The maximum absolute atomic E-state index is 13.1. The van der Waals surface area contributed by atoms with Crippen LogP contribution in [0.1, 0.15) is 28.0 Å². The number of anilines is 2. The van der Waals surface area contributed by atoms with E-state index in [9.17, 15) is 9.59 Å². The van der Waals surface area contributed by atoms with Gasteiger partial charge < -0.3 is 24.7 Å². The van der Waals surface area contributed by atoms with Crippen LogP contribution in [-0.4, -0.2) is 41.8 Å². The highest BCUT2D eigenvalue weighted by Crippen LogP contribution is 2.34. The van der Waals surface area contributed by atoms with Crippen molar-refractivity contribution in [2.24, 2.45) is 5.92 Å². The quantitative estimate of drug-likeness (QED) is 0.326. The van der Waals surface area contributed by atoms with Crippen molar-refractivity contribution in [1.82, 2.24) is 9.55 Å². The predicted octanol–water partition coefficient (Wildman–Crippen LogP) is 4.65. The minimum absolute atomic E-state index is 0.174. The second-order valence-corrected chi connectivity index (χ2v) is 9.09. The average molecular weight is 499 g/mol. The lowest BCUT2D eigenvalue weighted by atomic mass is 10.1. The van der Waals surface area contributed by atoms with Gasteiger partial charge in [-0.15, -0.1) is 0 Å². The molecule has 2 aromatic heterocycles. The highest BCUT2D eigenvalue weighted by Gasteiger charge is 2.29. The molecule has 0 radical (unpaired) electrons. The maximum Gasteiger partial charge on any atom is 0.356 e. The Bertz CT molecular complexity index is 1380. The number of aromatic nitrogens is 2. The van der Waals surface area contributed by atoms with Crippen molar-refractivity contribution < 1.29 is 19.1 Å². The summed E-state index contributed by atoms with van der Waals surface area (Å²) in [7, 11) is 1.35. The SMILES string of the molecule is COC(=O)c1c(NC(=O)[C@@H]2CCOC2)c2cc(NCc3ccccc3)cnc2n1CCc1ccccc1. The van der Waals surface area contributed by atoms with Crippen LogP contribution in [0.15, 0.2) is 72.9 Å². The average Bonchev–Trinajstić information content (AvgIpc) is 3.59. The fourth-order valence-corrected chi connectivity index (χ4v) is 4.63. The summed E-state index contributed by atoms with van der Waals surface area (Å²) in [5, 5.41) is 7.10. The molecule has 190 valence electrons. The molecule has 1 amide bonds. The van der Waals surface area contributed by atoms with Gasteiger partial charge in [0.05, 0.1) is 37.2 Å². The second kappa shape index (κ2) is 11.3. The van der Waals surface area contributed by atoms with Gasteiger partial charge in [-0.2, -0.15) is 0 Å². The summed E-state index contributed by atoms with van der Waals surface area (Å²) in [6.07, 6.45) is 3.09. The third-order valence-electron chi connectivity index (χ3n) is 6.63. The third kappa shape index (κ3) is 5.49. The zero-order chi connectivity index (χ0) is 25.6. The summed E-state index contributed by atoms with van der Waals surface area (Å²) in [4.78, 5) is 30.9. The molecular formula is C29H30N4O4. The number of hydrogen-bond acceptors (Lipinski definition) is 6. The van der Waals surface area contributed by atoms with Gasteiger partial charge in [0.2, 0.25) is 5.91 Å². The highest BCUT2D eigenvalue weighted by atomic mass is 16.5. The molecule has 2 N–H and O–H groups in total. The molecule has 5 rings (SSSR count). The van der Waals surface area contributed by atoms with Gasteiger partial charge in [-0.05, 0) is 30.0 Å². The summed E-state index contributed by atoms with van der Waals surface area (Å²) < 4.78 is 12.4. The van der Waals surface area contributed by atoms with Gasteiger partial charge in [0, 0.05) is 25.1 Å². The van der Waals surface area contributed by atoms with Crippen molar-refractivity contribution in [3.63, 3.8) is 0 Å². The normalized spacial score (nSPS) is 15.0. The van der Waals surface area contributed by atoms with Gasteiger partial charge in [-0.3, -0.25) is 4.79 Å². The monoisotopic (exact) mass is 498 g/mol. The van der Waals surface area contributed by atoms with E-state index in [2.05, 4.69) is 10.6 Å². The van der Waals surface area contributed by atoms with Crippen molar-refractivity contribution >= 4 is 34.3 Å². The van der Waals surface area contributed by atoms with Crippen molar-refractivity contribution in [3.05, 3.63) is 89.7 Å².